The molecule has 1 fully saturated rings. The minimum atomic E-state index is 1.05. The second-order valence-corrected chi connectivity index (χ2v) is 4.27. The minimum absolute atomic E-state index is 1.05. The van der Waals surface area contributed by atoms with Gasteiger partial charge in [-0.3, -0.25) is 0 Å². The number of fused-ring (bicyclic) bond motifs is 1. The first-order valence-electron chi connectivity index (χ1n) is 5.74. The molecule has 1 saturated heterocycles. The number of aromatic nitrogens is 2. The Morgan fingerprint density at radius 2 is 2.00 bits per heavy atom. The summed E-state index contributed by atoms with van der Waals surface area (Å²) in [6.07, 6.45) is 3.54. The second kappa shape index (κ2) is 3.77. The number of rotatable bonds is 1. The standard InChI is InChI=1S/C11H16N4/c1-2-9-8-11(14-13-10(9)3-1)15-6-4-12-5-7-15/h8,12H,1-7H2. The van der Waals surface area contributed by atoms with Gasteiger partial charge in [-0.25, -0.2) is 0 Å². The van der Waals surface area contributed by atoms with E-state index in [2.05, 4.69) is 26.5 Å². The van der Waals surface area contributed by atoms with E-state index in [0.717, 1.165) is 38.4 Å². The van der Waals surface area contributed by atoms with Gasteiger partial charge in [0.25, 0.3) is 0 Å². The van der Waals surface area contributed by atoms with E-state index in [-0.39, 0.29) is 0 Å². The van der Waals surface area contributed by atoms with E-state index in [1.165, 1.54) is 24.1 Å². The maximum absolute atomic E-state index is 4.32. The third-order valence-corrected chi connectivity index (χ3v) is 3.25. The molecule has 1 N–H and O–H groups in total. The van der Waals surface area contributed by atoms with E-state index in [1.54, 1.807) is 0 Å². The average Bonchev–Trinajstić information content (AvgIpc) is 2.77. The molecule has 0 bridgehead atoms. The molecule has 15 heavy (non-hydrogen) atoms. The highest BCUT2D eigenvalue weighted by molar-refractivity contribution is 5.43. The number of anilines is 1. The topological polar surface area (TPSA) is 41.0 Å². The Hall–Kier alpha value is -1.16. The van der Waals surface area contributed by atoms with Crippen LogP contribution in [-0.2, 0) is 12.8 Å². The van der Waals surface area contributed by atoms with Crippen LogP contribution in [0.3, 0.4) is 0 Å². The predicted octanol–water partition coefficient (Wildman–Crippen LogP) is 0.375. The van der Waals surface area contributed by atoms with Gasteiger partial charge in [0.2, 0.25) is 0 Å². The predicted molar refractivity (Wildman–Crippen MR) is 59.1 cm³/mol. The fraction of sp³-hybridized carbons (Fsp3) is 0.636. The van der Waals surface area contributed by atoms with Crippen LogP contribution in [0.15, 0.2) is 6.07 Å². The summed E-state index contributed by atoms with van der Waals surface area (Å²) < 4.78 is 0. The van der Waals surface area contributed by atoms with Gasteiger partial charge in [0.1, 0.15) is 0 Å². The molecule has 1 aliphatic heterocycles. The number of piperazine rings is 1. The molecule has 0 atom stereocenters. The molecule has 0 amide bonds. The number of hydrogen-bond donors (Lipinski definition) is 1. The fourth-order valence-corrected chi connectivity index (χ4v) is 2.37. The molecule has 2 heterocycles. The van der Waals surface area contributed by atoms with Crippen LogP contribution < -0.4 is 10.2 Å². The summed E-state index contributed by atoms with van der Waals surface area (Å²) in [7, 11) is 0. The van der Waals surface area contributed by atoms with Gasteiger partial charge in [-0.1, -0.05) is 0 Å². The summed E-state index contributed by atoms with van der Waals surface area (Å²) in [6, 6.07) is 2.24. The summed E-state index contributed by atoms with van der Waals surface area (Å²) >= 11 is 0. The molecule has 1 aromatic rings. The Balaban J connectivity index is 1.85. The molecule has 2 aliphatic rings. The molecule has 0 saturated carbocycles. The third-order valence-electron chi connectivity index (χ3n) is 3.25. The first-order valence-corrected chi connectivity index (χ1v) is 5.74. The highest BCUT2D eigenvalue weighted by atomic mass is 15.3. The van der Waals surface area contributed by atoms with Gasteiger partial charge < -0.3 is 10.2 Å². The Bertz CT molecular complexity index is 358. The molecular weight excluding hydrogens is 188 g/mol. The first kappa shape index (κ1) is 9.09. The van der Waals surface area contributed by atoms with E-state index in [0.29, 0.717) is 0 Å². The van der Waals surface area contributed by atoms with E-state index in [4.69, 9.17) is 0 Å². The third kappa shape index (κ3) is 1.69. The van der Waals surface area contributed by atoms with Gasteiger partial charge >= 0.3 is 0 Å². The maximum atomic E-state index is 4.32. The van der Waals surface area contributed by atoms with Crippen molar-refractivity contribution in [2.45, 2.75) is 19.3 Å². The van der Waals surface area contributed by atoms with E-state index >= 15 is 0 Å². The van der Waals surface area contributed by atoms with Crippen LogP contribution in [-0.4, -0.2) is 36.4 Å². The van der Waals surface area contributed by atoms with E-state index in [9.17, 15) is 0 Å². The largest absolute Gasteiger partial charge is 0.353 e. The van der Waals surface area contributed by atoms with Gasteiger partial charge in [-0.2, -0.15) is 5.10 Å². The lowest BCUT2D eigenvalue weighted by Crippen LogP contribution is -2.44. The molecular formula is C11H16N4. The van der Waals surface area contributed by atoms with Crippen LogP contribution >= 0.6 is 0 Å². The molecule has 4 nitrogen and oxygen atoms in total. The number of aryl methyl sites for hydroxylation is 2. The fourth-order valence-electron chi connectivity index (χ4n) is 2.37. The van der Waals surface area contributed by atoms with Crippen LogP contribution in [0.1, 0.15) is 17.7 Å². The van der Waals surface area contributed by atoms with Gasteiger partial charge in [0.15, 0.2) is 5.82 Å². The Morgan fingerprint density at radius 1 is 1.13 bits per heavy atom. The highest BCUT2D eigenvalue weighted by Gasteiger charge is 2.17. The van der Waals surface area contributed by atoms with Crippen molar-refractivity contribution in [3.8, 4) is 0 Å². The molecule has 4 heteroatoms. The van der Waals surface area contributed by atoms with Crippen molar-refractivity contribution in [1.82, 2.24) is 15.5 Å². The second-order valence-electron chi connectivity index (χ2n) is 4.27. The van der Waals surface area contributed by atoms with E-state index < -0.39 is 0 Å². The van der Waals surface area contributed by atoms with Gasteiger partial charge in [0, 0.05) is 26.2 Å². The van der Waals surface area contributed by atoms with Crippen LogP contribution in [0.25, 0.3) is 0 Å². The molecule has 1 aromatic heterocycles. The molecule has 0 unspecified atom stereocenters. The number of nitrogens with zero attached hydrogens (tertiary/aromatic N) is 3. The summed E-state index contributed by atoms with van der Waals surface area (Å²) in [5, 5.41) is 12.0. The monoisotopic (exact) mass is 204 g/mol. The van der Waals surface area contributed by atoms with Crippen LogP contribution in [0.4, 0.5) is 5.82 Å². The van der Waals surface area contributed by atoms with Crippen molar-refractivity contribution in [2.75, 3.05) is 31.1 Å². The SMILES string of the molecule is c1c(N2CCNCC2)nnc2c1CCC2. The zero-order valence-corrected chi connectivity index (χ0v) is 8.87. The number of hydrogen-bond acceptors (Lipinski definition) is 4. The van der Waals surface area contributed by atoms with Crippen molar-refractivity contribution in [1.29, 1.82) is 0 Å². The molecule has 80 valence electrons. The zero-order valence-electron chi connectivity index (χ0n) is 8.87. The Labute approximate surface area is 89.7 Å². The van der Waals surface area contributed by atoms with Crippen molar-refractivity contribution in [2.24, 2.45) is 0 Å². The molecule has 0 radical (unpaired) electrons. The van der Waals surface area contributed by atoms with Crippen LogP contribution in [0, 0.1) is 0 Å². The maximum Gasteiger partial charge on any atom is 0.151 e. The molecule has 3 rings (SSSR count). The van der Waals surface area contributed by atoms with Gasteiger partial charge in [-0.15, -0.1) is 5.10 Å². The molecule has 0 spiro atoms. The lowest BCUT2D eigenvalue weighted by molar-refractivity contribution is 0.582. The van der Waals surface area contributed by atoms with Crippen molar-refractivity contribution in [3.05, 3.63) is 17.3 Å². The Morgan fingerprint density at radius 3 is 2.87 bits per heavy atom. The first-order chi connectivity index (χ1) is 7.43. The minimum Gasteiger partial charge on any atom is -0.353 e. The lowest BCUT2D eigenvalue weighted by Gasteiger charge is -2.28. The molecule has 1 aliphatic carbocycles. The summed E-state index contributed by atoms with van der Waals surface area (Å²) in [5.74, 6) is 1.07. The number of nitrogens with one attached hydrogen (secondary N) is 1. The summed E-state index contributed by atoms with van der Waals surface area (Å²) in [5.41, 5.74) is 2.63. The van der Waals surface area contributed by atoms with Crippen molar-refractivity contribution >= 4 is 5.82 Å². The average molecular weight is 204 g/mol. The van der Waals surface area contributed by atoms with Gasteiger partial charge in [0.05, 0.1) is 5.69 Å². The van der Waals surface area contributed by atoms with Crippen LogP contribution in [0.5, 0.6) is 0 Å². The molecule has 0 aromatic carbocycles. The van der Waals surface area contributed by atoms with Gasteiger partial charge in [-0.05, 0) is 30.9 Å². The summed E-state index contributed by atoms with van der Waals surface area (Å²) in [6.45, 7) is 4.21. The van der Waals surface area contributed by atoms with Crippen molar-refractivity contribution in [3.63, 3.8) is 0 Å². The normalized spacial score (nSPS) is 20.4. The summed E-state index contributed by atoms with van der Waals surface area (Å²) in [4.78, 5) is 2.32. The van der Waals surface area contributed by atoms with Crippen LogP contribution in [0.2, 0.25) is 0 Å². The Kier molecular flexibility index (Phi) is 2.29. The quantitative estimate of drug-likeness (QED) is 0.718. The smallest absolute Gasteiger partial charge is 0.151 e. The van der Waals surface area contributed by atoms with E-state index in [1.807, 2.05) is 0 Å². The zero-order chi connectivity index (χ0) is 10.1. The lowest BCUT2D eigenvalue weighted by atomic mass is 10.2. The van der Waals surface area contributed by atoms with Crippen molar-refractivity contribution < 1.29 is 0 Å². The highest BCUT2D eigenvalue weighted by Crippen LogP contribution is 2.22.